The molecule has 2 N–H and O–H groups in total. The molecule has 2 heterocycles. The van der Waals surface area contributed by atoms with Crippen LogP contribution in [0.1, 0.15) is 32.4 Å². The average molecular weight is 372 g/mol. The number of anilines is 1. The Hall–Kier alpha value is -1.25. The molecule has 0 fully saturated rings. The summed E-state index contributed by atoms with van der Waals surface area (Å²) in [6.45, 7) is 5.18. The average Bonchev–Trinajstić information content (AvgIpc) is 2.94. The van der Waals surface area contributed by atoms with E-state index in [-0.39, 0.29) is 0 Å². The molecule has 0 radical (unpaired) electrons. The van der Waals surface area contributed by atoms with Gasteiger partial charge in [-0.2, -0.15) is 15.4 Å². The minimum atomic E-state index is 0.621. The molecule has 2 rings (SSSR count). The predicted octanol–water partition coefficient (Wildman–Crippen LogP) is 2.64. The van der Waals surface area contributed by atoms with Crippen LogP contribution in [0.15, 0.2) is 6.20 Å². The first-order chi connectivity index (χ1) is 9.26. The van der Waals surface area contributed by atoms with Crippen LogP contribution in [-0.2, 0) is 6.42 Å². The van der Waals surface area contributed by atoms with Gasteiger partial charge in [0.25, 0.3) is 0 Å². The molecule has 0 saturated carbocycles. The zero-order chi connectivity index (χ0) is 13.7. The summed E-state index contributed by atoms with van der Waals surface area (Å²) in [6, 6.07) is 0. The molecule has 0 atom stereocenters. The van der Waals surface area contributed by atoms with Crippen molar-refractivity contribution in [1.29, 1.82) is 0 Å². The van der Waals surface area contributed by atoms with Gasteiger partial charge in [0.1, 0.15) is 11.5 Å². The van der Waals surface area contributed by atoms with Gasteiger partial charge in [-0.25, -0.2) is 9.97 Å². The summed E-state index contributed by atoms with van der Waals surface area (Å²) < 4.78 is 1.10. The SMILES string of the molecule is CCCNc1nc(-c2cn[nH]n2)nc(CCC)c1I. The summed E-state index contributed by atoms with van der Waals surface area (Å²) in [5.74, 6) is 1.51. The molecule has 19 heavy (non-hydrogen) atoms. The van der Waals surface area contributed by atoms with Crippen molar-refractivity contribution in [3.63, 3.8) is 0 Å². The molecule has 2 aromatic heterocycles. The lowest BCUT2D eigenvalue weighted by molar-refractivity contribution is 0.861. The Bertz CT molecular complexity index is 525. The fraction of sp³-hybridized carbons (Fsp3) is 0.500. The Morgan fingerprint density at radius 1 is 1.26 bits per heavy atom. The van der Waals surface area contributed by atoms with Gasteiger partial charge >= 0.3 is 0 Å². The van der Waals surface area contributed by atoms with E-state index in [0.29, 0.717) is 11.5 Å². The Labute approximate surface area is 126 Å². The Kier molecular flexibility index (Phi) is 5.06. The third-order valence-corrected chi connectivity index (χ3v) is 3.73. The van der Waals surface area contributed by atoms with E-state index in [1.54, 1.807) is 6.20 Å². The standard InChI is InChI=1S/C12H17IN6/c1-3-5-8-10(13)12(14-6-4-2)17-11(16-8)9-7-15-19-18-9/h7H,3-6H2,1-2H3,(H,14,16,17)(H,15,18,19). The lowest BCUT2D eigenvalue weighted by Gasteiger charge is -2.11. The summed E-state index contributed by atoms with van der Waals surface area (Å²) in [7, 11) is 0. The van der Waals surface area contributed by atoms with Crippen molar-refractivity contribution in [2.24, 2.45) is 0 Å². The van der Waals surface area contributed by atoms with Crippen molar-refractivity contribution in [3.05, 3.63) is 15.5 Å². The van der Waals surface area contributed by atoms with Crippen LogP contribution in [0.5, 0.6) is 0 Å². The molecular weight excluding hydrogens is 355 g/mol. The number of halogens is 1. The number of hydrogen-bond acceptors (Lipinski definition) is 5. The largest absolute Gasteiger partial charge is 0.369 e. The van der Waals surface area contributed by atoms with Gasteiger partial charge in [0.2, 0.25) is 0 Å². The number of hydrogen-bond donors (Lipinski definition) is 2. The van der Waals surface area contributed by atoms with Crippen molar-refractivity contribution >= 4 is 28.4 Å². The third-order valence-electron chi connectivity index (χ3n) is 2.59. The van der Waals surface area contributed by atoms with Gasteiger partial charge in [-0.15, -0.1) is 0 Å². The summed E-state index contributed by atoms with van der Waals surface area (Å²) >= 11 is 2.31. The summed E-state index contributed by atoms with van der Waals surface area (Å²) in [5.41, 5.74) is 1.74. The minimum Gasteiger partial charge on any atom is -0.369 e. The maximum Gasteiger partial charge on any atom is 0.184 e. The molecule has 0 aliphatic carbocycles. The first kappa shape index (κ1) is 14.2. The zero-order valence-corrected chi connectivity index (χ0v) is 13.2. The fourth-order valence-corrected chi connectivity index (χ4v) is 2.38. The van der Waals surface area contributed by atoms with Gasteiger partial charge in [0.15, 0.2) is 5.82 Å². The molecule has 0 bridgehead atoms. The Balaban J connectivity index is 2.41. The van der Waals surface area contributed by atoms with E-state index in [0.717, 1.165) is 40.9 Å². The molecule has 2 aromatic rings. The van der Waals surface area contributed by atoms with Crippen LogP contribution in [0.3, 0.4) is 0 Å². The summed E-state index contributed by atoms with van der Waals surface area (Å²) in [5, 5.41) is 13.8. The first-order valence-electron chi connectivity index (χ1n) is 6.42. The van der Waals surface area contributed by atoms with Crippen molar-refractivity contribution in [3.8, 4) is 11.5 Å². The zero-order valence-electron chi connectivity index (χ0n) is 11.1. The van der Waals surface area contributed by atoms with Gasteiger partial charge < -0.3 is 5.32 Å². The highest BCUT2D eigenvalue weighted by atomic mass is 127. The summed E-state index contributed by atoms with van der Waals surface area (Å²) in [4.78, 5) is 9.14. The topological polar surface area (TPSA) is 79.4 Å². The number of rotatable bonds is 6. The van der Waals surface area contributed by atoms with Crippen molar-refractivity contribution in [1.82, 2.24) is 25.4 Å². The van der Waals surface area contributed by atoms with E-state index in [1.165, 1.54) is 0 Å². The van der Waals surface area contributed by atoms with Gasteiger partial charge in [-0.1, -0.05) is 20.3 Å². The number of nitrogens with zero attached hydrogens (tertiary/aromatic N) is 4. The van der Waals surface area contributed by atoms with Gasteiger partial charge in [0, 0.05) is 6.54 Å². The minimum absolute atomic E-state index is 0.621. The molecule has 102 valence electrons. The number of aromatic amines is 1. The predicted molar refractivity (Wildman–Crippen MR) is 82.9 cm³/mol. The monoisotopic (exact) mass is 372 g/mol. The molecule has 6 nitrogen and oxygen atoms in total. The lowest BCUT2D eigenvalue weighted by atomic mass is 10.2. The van der Waals surface area contributed by atoms with Crippen LogP contribution in [0.25, 0.3) is 11.5 Å². The van der Waals surface area contributed by atoms with E-state index in [2.05, 4.69) is 67.1 Å². The van der Waals surface area contributed by atoms with Gasteiger partial charge in [0.05, 0.1) is 15.5 Å². The molecule has 7 heteroatoms. The van der Waals surface area contributed by atoms with E-state index < -0.39 is 0 Å². The van der Waals surface area contributed by atoms with Gasteiger partial charge in [-0.3, -0.25) is 0 Å². The normalized spacial score (nSPS) is 10.7. The van der Waals surface area contributed by atoms with Crippen LogP contribution in [0, 0.1) is 3.57 Å². The van der Waals surface area contributed by atoms with E-state index in [1.807, 2.05) is 0 Å². The number of aryl methyl sites for hydroxylation is 1. The Morgan fingerprint density at radius 2 is 2.11 bits per heavy atom. The van der Waals surface area contributed by atoms with Gasteiger partial charge in [-0.05, 0) is 35.4 Å². The molecule has 0 aromatic carbocycles. The van der Waals surface area contributed by atoms with Crippen molar-refractivity contribution < 1.29 is 0 Å². The molecule has 0 aliphatic rings. The molecule has 0 spiro atoms. The Morgan fingerprint density at radius 3 is 2.74 bits per heavy atom. The maximum atomic E-state index is 4.59. The third kappa shape index (κ3) is 3.40. The molecule has 0 aliphatic heterocycles. The highest BCUT2D eigenvalue weighted by molar-refractivity contribution is 14.1. The van der Waals surface area contributed by atoms with Crippen LogP contribution >= 0.6 is 22.6 Å². The van der Waals surface area contributed by atoms with E-state index in [4.69, 9.17) is 0 Å². The number of H-pyrrole nitrogens is 1. The molecule has 0 unspecified atom stereocenters. The van der Waals surface area contributed by atoms with Crippen LogP contribution in [0.2, 0.25) is 0 Å². The highest BCUT2D eigenvalue weighted by Gasteiger charge is 2.14. The second-order valence-corrected chi connectivity index (χ2v) is 5.27. The lowest BCUT2D eigenvalue weighted by Crippen LogP contribution is -2.09. The van der Waals surface area contributed by atoms with E-state index in [9.17, 15) is 0 Å². The number of nitrogens with one attached hydrogen (secondary N) is 2. The molecule has 0 saturated heterocycles. The quantitative estimate of drug-likeness (QED) is 0.763. The molecule has 0 amide bonds. The van der Waals surface area contributed by atoms with Crippen LogP contribution in [0.4, 0.5) is 5.82 Å². The second-order valence-electron chi connectivity index (χ2n) is 4.19. The first-order valence-corrected chi connectivity index (χ1v) is 7.50. The highest BCUT2D eigenvalue weighted by Crippen LogP contribution is 2.23. The molecular formula is C12H17IN6. The summed E-state index contributed by atoms with van der Waals surface area (Å²) in [6.07, 6.45) is 4.69. The smallest absolute Gasteiger partial charge is 0.184 e. The van der Waals surface area contributed by atoms with Crippen molar-refractivity contribution in [2.45, 2.75) is 33.1 Å². The van der Waals surface area contributed by atoms with E-state index >= 15 is 0 Å². The van der Waals surface area contributed by atoms with Crippen LogP contribution < -0.4 is 5.32 Å². The maximum absolute atomic E-state index is 4.59. The number of aromatic nitrogens is 5. The fourth-order valence-electron chi connectivity index (χ4n) is 1.68. The van der Waals surface area contributed by atoms with Crippen molar-refractivity contribution in [2.75, 3.05) is 11.9 Å². The van der Waals surface area contributed by atoms with Crippen LogP contribution in [-0.4, -0.2) is 31.9 Å². The second kappa shape index (κ2) is 6.78.